The zero-order chi connectivity index (χ0) is 12.3. The van der Waals surface area contributed by atoms with Crippen molar-refractivity contribution in [2.75, 3.05) is 13.1 Å². The van der Waals surface area contributed by atoms with Crippen LogP contribution in [0.2, 0.25) is 0 Å². The van der Waals surface area contributed by atoms with Gasteiger partial charge in [0.25, 0.3) is 0 Å². The van der Waals surface area contributed by atoms with Crippen molar-refractivity contribution in [2.45, 2.75) is 46.6 Å². The fourth-order valence-electron chi connectivity index (χ4n) is 1.97. The lowest BCUT2D eigenvalue weighted by molar-refractivity contribution is -0.138. The van der Waals surface area contributed by atoms with Crippen molar-refractivity contribution < 1.29 is 9.59 Å². The minimum absolute atomic E-state index is 0.0557. The van der Waals surface area contributed by atoms with Gasteiger partial charge in [-0.1, -0.05) is 20.8 Å². The first-order valence-electron chi connectivity index (χ1n) is 5.88. The molecule has 0 aliphatic carbocycles. The monoisotopic (exact) mass is 226 g/mol. The summed E-state index contributed by atoms with van der Waals surface area (Å²) in [5.41, 5.74) is -0.245. The Labute approximate surface area is 97.4 Å². The quantitative estimate of drug-likeness (QED) is 0.768. The molecule has 92 valence electrons. The van der Waals surface area contributed by atoms with Crippen LogP contribution in [0, 0.1) is 5.41 Å². The van der Waals surface area contributed by atoms with Crippen LogP contribution in [0.25, 0.3) is 0 Å². The summed E-state index contributed by atoms with van der Waals surface area (Å²) < 4.78 is 0. The number of nitrogens with one attached hydrogen (secondary N) is 1. The van der Waals surface area contributed by atoms with E-state index in [0.717, 1.165) is 25.9 Å². The Morgan fingerprint density at radius 3 is 2.06 bits per heavy atom. The summed E-state index contributed by atoms with van der Waals surface area (Å²) in [4.78, 5) is 25.2. The number of nitrogens with zero attached hydrogens (tertiary/aromatic N) is 1. The van der Waals surface area contributed by atoms with E-state index in [1.165, 1.54) is 6.92 Å². The van der Waals surface area contributed by atoms with E-state index in [4.69, 9.17) is 0 Å². The smallest absolute Gasteiger partial charge is 0.245 e. The number of hydrogen-bond donors (Lipinski definition) is 1. The van der Waals surface area contributed by atoms with E-state index in [9.17, 15) is 9.59 Å². The second-order valence-electron chi connectivity index (χ2n) is 5.53. The van der Waals surface area contributed by atoms with Gasteiger partial charge in [0, 0.05) is 20.0 Å². The van der Waals surface area contributed by atoms with E-state index in [0.29, 0.717) is 0 Å². The van der Waals surface area contributed by atoms with Gasteiger partial charge in [0.1, 0.15) is 6.04 Å². The predicted octanol–water partition coefficient (Wildman–Crippen LogP) is 1.16. The molecule has 0 aromatic rings. The number of rotatable bonds is 2. The van der Waals surface area contributed by atoms with E-state index in [-0.39, 0.29) is 17.2 Å². The van der Waals surface area contributed by atoms with E-state index in [1.807, 2.05) is 25.7 Å². The summed E-state index contributed by atoms with van der Waals surface area (Å²) in [6, 6.07) is -0.414. The Morgan fingerprint density at radius 2 is 1.69 bits per heavy atom. The highest BCUT2D eigenvalue weighted by Crippen LogP contribution is 2.22. The molecule has 1 aliphatic rings. The summed E-state index contributed by atoms with van der Waals surface area (Å²) in [6.45, 7) is 9.02. The molecule has 4 heteroatoms. The first-order valence-corrected chi connectivity index (χ1v) is 5.88. The van der Waals surface area contributed by atoms with E-state index >= 15 is 0 Å². The third-order valence-corrected chi connectivity index (χ3v) is 2.88. The summed E-state index contributed by atoms with van der Waals surface area (Å²) >= 11 is 0. The van der Waals surface area contributed by atoms with Crippen LogP contribution in [-0.4, -0.2) is 35.8 Å². The molecule has 0 saturated carbocycles. The molecule has 4 nitrogen and oxygen atoms in total. The van der Waals surface area contributed by atoms with Gasteiger partial charge >= 0.3 is 0 Å². The van der Waals surface area contributed by atoms with Gasteiger partial charge in [0.2, 0.25) is 11.8 Å². The van der Waals surface area contributed by atoms with E-state index in [2.05, 4.69) is 5.32 Å². The molecule has 2 amide bonds. The van der Waals surface area contributed by atoms with Gasteiger partial charge in [-0.25, -0.2) is 0 Å². The molecule has 1 atom stereocenters. The van der Waals surface area contributed by atoms with Crippen LogP contribution < -0.4 is 5.32 Å². The number of likely N-dealkylation sites (tertiary alicyclic amines) is 1. The normalized spacial score (nSPS) is 18.4. The van der Waals surface area contributed by atoms with Gasteiger partial charge in [0.15, 0.2) is 0 Å². The number of carbonyl (C=O) groups excluding carboxylic acids is 2. The van der Waals surface area contributed by atoms with Crippen molar-refractivity contribution >= 4 is 11.8 Å². The summed E-state index contributed by atoms with van der Waals surface area (Å²) in [5, 5.41) is 2.77. The van der Waals surface area contributed by atoms with E-state index < -0.39 is 6.04 Å². The minimum Gasteiger partial charge on any atom is -0.344 e. The molecular formula is C12H22N2O2. The summed E-state index contributed by atoms with van der Waals surface area (Å²) in [6.07, 6.45) is 2.14. The van der Waals surface area contributed by atoms with Crippen LogP contribution in [0.15, 0.2) is 0 Å². The fourth-order valence-corrected chi connectivity index (χ4v) is 1.97. The lowest BCUT2D eigenvalue weighted by atomic mass is 9.85. The second kappa shape index (κ2) is 4.85. The van der Waals surface area contributed by atoms with Gasteiger partial charge in [0.05, 0.1) is 0 Å². The molecule has 0 spiro atoms. The van der Waals surface area contributed by atoms with Crippen molar-refractivity contribution in [2.24, 2.45) is 5.41 Å². The van der Waals surface area contributed by atoms with Crippen LogP contribution in [0.4, 0.5) is 0 Å². The molecule has 0 aromatic carbocycles. The van der Waals surface area contributed by atoms with Crippen molar-refractivity contribution in [1.82, 2.24) is 10.2 Å². The van der Waals surface area contributed by atoms with Crippen LogP contribution >= 0.6 is 0 Å². The Bertz CT molecular complexity index is 275. The first-order chi connectivity index (χ1) is 7.32. The van der Waals surface area contributed by atoms with Crippen LogP contribution in [0.5, 0.6) is 0 Å². The lowest BCUT2D eigenvalue weighted by Crippen LogP contribution is -2.53. The zero-order valence-electron chi connectivity index (χ0n) is 10.7. The number of amides is 2. The molecule has 16 heavy (non-hydrogen) atoms. The first kappa shape index (κ1) is 13.0. The average molecular weight is 226 g/mol. The standard InChI is InChI=1S/C12H22N2O2/c1-9(15)13-10(12(2,3)4)11(16)14-7-5-6-8-14/h10H,5-8H2,1-4H3,(H,13,15). The highest BCUT2D eigenvalue weighted by molar-refractivity contribution is 5.87. The van der Waals surface area contributed by atoms with Gasteiger partial charge in [-0.2, -0.15) is 0 Å². The highest BCUT2D eigenvalue weighted by Gasteiger charge is 2.35. The molecule has 1 fully saturated rings. The minimum atomic E-state index is -0.414. The van der Waals surface area contributed by atoms with Gasteiger partial charge in [-0.05, 0) is 18.3 Å². The maximum atomic E-state index is 12.2. The maximum Gasteiger partial charge on any atom is 0.245 e. The molecule has 1 N–H and O–H groups in total. The van der Waals surface area contributed by atoms with Crippen molar-refractivity contribution in [3.8, 4) is 0 Å². The molecule has 1 rings (SSSR count). The SMILES string of the molecule is CC(=O)NC(C(=O)N1CCCC1)C(C)(C)C. The third kappa shape index (κ3) is 3.22. The fraction of sp³-hybridized carbons (Fsp3) is 0.833. The number of carbonyl (C=O) groups is 2. The molecule has 1 saturated heterocycles. The van der Waals surface area contributed by atoms with Crippen molar-refractivity contribution in [3.63, 3.8) is 0 Å². The van der Waals surface area contributed by atoms with Gasteiger partial charge in [-0.3, -0.25) is 9.59 Å². The van der Waals surface area contributed by atoms with Crippen LogP contribution in [0.1, 0.15) is 40.5 Å². The topological polar surface area (TPSA) is 49.4 Å². The molecule has 1 heterocycles. The summed E-state index contributed by atoms with van der Waals surface area (Å²) in [5.74, 6) is -0.0901. The van der Waals surface area contributed by atoms with Gasteiger partial charge < -0.3 is 10.2 Å². The highest BCUT2D eigenvalue weighted by atomic mass is 16.2. The third-order valence-electron chi connectivity index (χ3n) is 2.88. The second-order valence-corrected chi connectivity index (χ2v) is 5.53. The lowest BCUT2D eigenvalue weighted by Gasteiger charge is -2.33. The predicted molar refractivity (Wildman–Crippen MR) is 62.9 cm³/mol. The Balaban J connectivity index is 2.75. The van der Waals surface area contributed by atoms with Crippen molar-refractivity contribution in [3.05, 3.63) is 0 Å². The zero-order valence-corrected chi connectivity index (χ0v) is 10.7. The molecule has 0 radical (unpaired) electrons. The maximum absolute atomic E-state index is 12.2. The average Bonchev–Trinajstić information content (AvgIpc) is 2.63. The molecule has 0 bridgehead atoms. The molecule has 1 unspecified atom stereocenters. The van der Waals surface area contributed by atoms with E-state index in [1.54, 1.807) is 0 Å². The molecule has 0 aromatic heterocycles. The largest absolute Gasteiger partial charge is 0.344 e. The molecule has 1 aliphatic heterocycles. The van der Waals surface area contributed by atoms with Crippen LogP contribution in [-0.2, 0) is 9.59 Å². The van der Waals surface area contributed by atoms with Crippen LogP contribution in [0.3, 0.4) is 0 Å². The Hall–Kier alpha value is -1.06. The Kier molecular flexibility index (Phi) is 3.94. The number of hydrogen-bond acceptors (Lipinski definition) is 2. The Morgan fingerprint density at radius 1 is 1.19 bits per heavy atom. The molecular weight excluding hydrogens is 204 g/mol. The summed E-state index contributed by atoms with van der Waals surface area (Å²) in [7, 11) is 0. The van der Waals surface area contributed by atoms with Crippen molar-refractivity contribution in [1.29, 1.82) is 0 Å². The van der Waals surface area contributed by atoms with Gasteiger partial charge in [-0.15, -0.1) is 0 Å².